The molecule has 0 saturated carbocycles. The van der Waals surface area contributed by atoms with Gasteiger partial charge in [-0.25, -0.2) is 4.39 Å². The minimum Gasteiger partial charge on any atom is -0.486 e. The van der Waals surface area contributed by atoms with Crippen LogP contribution in [0.4, 0.5) is 4.39 Å². The Kier molecular flexibility index (Phi) is 5.75. The first-order valence-electron chi connectivity index (χ1n) is 8.32. The smallest absolute Gasteiger partial charge is 0.274 e. The van der Waals surface area contributed by atoms with E-state index in [4.69, 9.17) is 20.9 Å². The predicted molar refractivity (Wildman–Crippen MR) is 96.1 cm³/mol. The van der Waals surface area contributed by atoms with Crippen molar-refractivity contribution in [3.8, 4) is 5.75 Å². The lowest BCUT2D eigenvalue weighted by Crippen LogP contribution is -2.26. The maximum atomic E-state index is 13.7. The molecule has 142 valence electrons. The lowest BCUT2D eigenvalue weighted by Gasteiger charge is -2.09. The highest BCUT2D eigenvalue weighted by Crippen LogP contribution is 2.21. The van der Waals surface area contributed by atoms with Crippen LogP contribution in [-0.2, 0) is 19.7 Å². The summed E-state index contributed by atoms with van der Waals surface area (Å²) in [7, 11) is 0. The highest BCUT2D eigenvalue weighted by atomic mass is 35.5. The lowest BCUT2D eigenvalue weighted by molar-refractivity contribution is 0.0938. The molecule has 2 heterocycles. The molecular weight excluding hydrogens is 375 g/mol. The Morgan fingerprint density at radius 1 is 1.41 bits per heavy atom. The van der Waals surface area contributed by atoms with Crippen LogP contribution in [0.2, 0.25) is 5.02 Å². The molecule has 3 aromatic rings. The fourth-order valence-electron chi connectivity index (χ4n) is 2.54. The van der Waals surface area contributed by atoms with E-state index in [1.807, 2.05) is 6.92 Å². The first kappa shape index (κ1) is 18.9. The van der Waals surface area contributed by atoms with Gasteiger partial charge in [-0.1, -0.05) is 28.9 Å². The number of benzene rings is 1. The fraction of sp³-hybridized carbons (Fsp3) is 0.278. The number of hydrogen-bond donors (Lipinski definition) is 1. The van der Waals surface area contributed by atoms with E-state index in [2.05, 4.69) is 15.6 Å². The number of nitrogens with zero attached hydrogens (tertiary/aromatic N) is 3. The van der Waals surface area contributed by atoms with E-state index >= 15 is 0 Å². The second-order valence-corrected chi connectivity index (χ2v) is 6.13. The number of halogens is 2. The topological polar surface area (TPSA) is 82.2 Å². The molecule has 1 N–H and O–H groups in total. The summed E-state index contributed by atoms with van der Waals surface area (Å²) in [6.07, 6.45) is 1.53. The summed E-state index contributed by atoms with van der Waals surface area (Å²) in [6, 6.07) is 6.03. The molecule has 7 nitrogen and oxygen atoms in total. The van der Waals surface area contributed by atoms with Crippen molar-refractivity contribution >= 4 is 17.5 Å². The molecule has 2 aromatic heterocycles. The molecule has 0 bridgehead atoms. The number of rotatable bonds is 7. The second-order valence-electron chi connectivity index (χ2n) is 5.72. The number of aryl methyl sites for hydroxylation is 2. The number of amides is 1. The van der Waals surface area contributed by atoms with Crippen molar-refractivity contribution < 1.29 is 18.4 Å². The summed E-state index contributed by atoms with van der Waals surface area (Å²) in [5, 5.41) is 11.1. The summed E-state index contributed by atoms with van der Waals surface area (Å²) in [5.41, 5.74) is 1.23. The summed E-state index contributed by atoms with van der Waals surface area (Å²) >= 11 is 6.10. The summed E-state index contributed by atoms with van der Waals surface area (Å²) in [4.78, 5) is 12.5. The maximum absolute atomic E-state index is 13.7. The van der Waals surface area contributed by atoms with Crippen molar-refractivity contribution in [3.63, 3.8) is 0 Å². The first-order valence-corrected chi connectivity index (χ1v) is 8.69. The van der Waals surface area contributed by atoms with Crippen LogP contribution in [0.5, 0.6) is 5.75 Å². The van der Waals surface area contributed by atoms with Crippen molar-refractivity contribution in [2.75, 3.05) is 0 Å². The lowest BCUT2D eigenvalue weighted by atomic mass is 10.2. The average Bonchev–Trinajstić information content (AvgIpc) is 3.21. The molecule has 0 radical (unpaired) electrons. The summed E-state index contributed by atoms with van der Waals surface area (Å²) in [5.74, 6) is -0.421. The fourth-order valence-corrected chi connectivity index (χ4v) is 2.74. The number of aromatic nitrogens is 3. The molecule has 0 aliphatic rings. The zero-order valence-electron chi connectivity index (χ0n) is 14.8. The van der Waals surface area contributed by atoms with E-state index < -0.39 is 11.7 Å². The normalized spacial score (nSPS) is 10.8. The van der Waals surface area contributed by atoms with Crippen LogP contribution < -0.4 is 10.1 Å². The number of carbonyl (C=O) groups excluding carboxylic acids is 1. The van der Waals surface area contributed by atoms with Gasteiger partial charge in [0.2, 0.25) is 0 Å². The van der Waals surface area contributed by atoms with Crippen molar-refractivity contribution in [2.24, 2.45) is 0 Å². The Hall–Kier alpha value is -2.87. The Morgan fingerprint density at radius 2 is 2.19 bits per heavy atom. The van der Waals surface area contributed by atoms with Gasteiger partial charge in [0.25, 0.3) is 5.91 Å². The number of carbonyl (C=O) groups is 1. The zero-order chi connectivity index (χ0) is 19.4. The van der Waals surface area contributed by atoms with Crippen molar-refractivity contribution in [2.45, 2.75) is 33.5 Å². The Labute approximate surface area is 160 Å². The molecular formula is C18H18ClFN4O3. The number of nitrogens with one attached hydrogen (secondary N) is 1. The predicted octanol–water partition coefficient (Wildman–Crippen LogP) is 3.50. The highest BCUT2D eigenvalue weighted by molar-refractivity contribution is 6.31. The van der Waals surface area contributed by atoms with Crippen molar-refractivity contribution in [1.29, 1.82) is 0 Å². The second kappa shape index (κ2) is 8.22. The van der Waals surface area contributed by atoms with Crippen molar-refractivity contribution in [3.05, 3.63) is 64.0 Å². The molecule has 9 heteroatoms. The van der Waals surface area contributed by atoms with Gasteiger partial charge < -0.3 is 14.6 Å². The molecule has 3 rings (SSSR count). The monoisotopic (exact) mass is 392 g/mol. The largest absolute Gasteiger partial charge is 0.486 e. The molecule has 0 atom stereocenters. The van der Waals surface area contributed by atoms with E-state index in [0.29, 0.717) is 28.6 Å². The van der Waals surface area contributed by atoms with E-state index in [-0.39, 0.29) is 24.6 Å². The van der Waals surface area contributed by atoms with Gasteiger partial charge in [-0.3, -0.25) is 9.48 Å². The third-order valence-electron chi connectivity index (χ3n) is 4.02. The Bertz CT molecular complexity index is 954. The molecule has 0 aliphatic carbocycles. The summed E-state index contributed by atoms with van der Waals surface area (Å²) < 4.78 is 26.0. The third-order valence-corrected chi connectivity index (χ3v) is 4.34. The molecule has 1 amide bonds. The van der Waals surface area contributed by atoms with Crippen LogP contribution in [0.15, 0.2) is 35.0 Å². The maximum Gasteiger partial charge on any atom is 0.274 e. The van der Waals surface area contributed by atoms with Crippen LogP contribution >= 0.6 is 11.6 Å². The molecule has 27 heavy (non-hydrogen) atoms. The van der Waals surface area contributed by atoms with Crippen LogP contribution in [0.25, 0.3) is 0 Å². The van der Waals surface area contributed by atoms with Gasteiger partial charge in [-0.15, -0.1) is 0 Å². The standard InChI is InChI=1S/C18H18ClFN4O3/c1-3-24-15(13(19)8-22-24)9-21-18(25)17-12(11(2)27-23-17)10-26-16-7-5-4-6-14(16)20/h4-8H,3,9-10H2,1-2H3,(H,21,25). The number of ether oxygens (including phenoxy) is 1. The number of para-hydroxylation sites is 1. The van der Waals surface area contributed by atoms with E-state index in [1.165, 1.54) is 18.3 Å². The SMILES string of the molecule is CCn1ncc(Cl)c1CNC(=O)c1noc(C)c1COc1ccccc1F. The first-order chi connectivity index (χ1) is 13.0. The van der Waals surface area contributed by atoms with Crippen LogP contribution in [-0.4, -0.2) is 20.8 Å². The molecule has 0 saturated heterocycles. The average molecular weight is 393 g/mol. The van der Waals surface area contributed by atoms with Gasteiger partial charge in [0.1, 0.15) is 12.4 Å². The van der Waals surface area contributed by atoms with Gasteiger partial charge in [0, 0.05) is 6.54 Å². The van der Waals surface area contributed by atoms with Gasteiger partial charge in [0.15, 0.2) is 17.3 Å². The zero-order valence-corrected chi connectivity index (χ0v) is 15.6. The van der Waals surface area contributed by atoms with E-state index in [1.54, 1.807) is 23.7 Å². The Balaban J connectivity index is 1.70. The highest BCUT2D eigenvalue weighted by Gasteiger charge is 2.21. The van der Waals surface area contributed by atoms with Gasteiger partial charge >= 0.3 is 0 Å². The summed E-state index contributed by atoms with van der Waals surface area (Å²) in [6.45, 7) is 4.35. The minimum atomic E-state index is -0.486. The van der Waals surface area contributed by atoms with E-state index in [9.17, 15) is 9.18 Å². The van der Waals surface area contributed by atoms with Gasteiger partial charge in [-0.05, 0) is 26.0 Å². The van der Waals surface area contributed by atoms with E-state index in [0.717, 1.165) is 0 Å². The molecule has 0 unspecified atom stereocenters. The molecule has 0 spiro atoms. The Morgan fingerprint density at radius 3 is 2.93 bits per heavy atom. The molecule has 0 fully saturated rings. The van der Waals surface area contributed by atoms with Crippen LogP contribution in [0.3, 0.4) is 0 Å². The van der Waals surface area contributed by atoms with Gasteiger partial charge in [-0.2, -0.15) is 5.10 Å². The van der Waals surface area contributed by atoms with Crippen LogP contribution in [0.1, 0.15) is 34.4 Å². The van der Waals surface area contributed by atoms with Crippen molar-refractivity contribution in [1.82, 2.24) is 20.3 Å². The van der Waals surface area contributed by atoms with Crippen LogP contribution in [0, 0.1) is 12.7 Å². The van der Waals surface area contributed by atoms with Gasteiger partial charge in [0.05, 0.1) is 29.0 Å². The molecule has 1 aromatic carbocycles. The third kappa shape index (κ3) is 4.11. The molecule has 0 aliphatic heterocycles. The minimum absolute atomic E-state index is 0.0489. The number of hydrogen-bond acceptors (Lipinski definition) is 5. The quantitative estimate of drug-likeness (QED) is 0.665.